The quantitative estimate of drug-likeness (QED) is 0.869. The number of aromatic nitrogens is 2. The van der Waals surface area contributed by atoms with Crippen molar-refractivity contribution in [1.82, 2.24) is 9.97 Å². The largest absolute Gasteiger partial charge is 0.456 e. The molecule has 0 aromatic carbocycles. The number of nitrogens with one attached hydrogen (secondary N) is 1. The summed E-state index contributed by atoms with van der Waals surface area (Å²) in [5.41, 5.74) is 0.750. The lowest BCUT2D eigenvalue weighted by Crippen LogP contribution is -2.23. The van der Waals surface area contributed by atoms with Crippen molar-refractivity contribution in [2.24, 2.45) is 0 Å². The first kappa shape index (κ1) is 14.0. The average molecular weight is 271 g/mol. The van der Waals surface area contributed by atoms with Gasteiger partial charge in [-0.1, -0.05) is 0 Å². The van der Waals surface area contributed by atoms with Gasteiger partial charge in [-0.3, -0.25) is 4.98 Å². The number of nitrogens with zero attached hydrogens (tertiary/aromatic N) is 2. The van der Waals surface area contributed by atoms with E-state index in [-0.39, 0.29) is 5.97 Å². The van der Waals surface area contributed by atoms with E-state index in [1.807, 2.05) is 32.9 Å². The molecule has 1 N–H and O–H groups in total. The summed E-state index contributed by atoms with van der Waals surface area (Å²) in [5.74, 6) is 0.204. The van der Waals surface area contributed by atoms with E-state index in [4.69, 9.17) is 4.74 Å². The Morgan fingerprint density at radius 1 is 1.25 bits per heavy atom. The number of esters is 1. The number of hydrogen-bond acceptors (Lipinski definition) is 5. The summed E-state index contributed by atoms with van der Waals surface area (Å²) in [5, 5.41) is 3.08. The monoisotopic (exact) mass is 271 g/mol. The van der Waals surface area contributed by atoms with Crippen LogP contribution in [-0.4, -0.2) is 21.5 Å². The molecule has 0 atom stereocenters. The van der Waals surface area contributed by atoms with Crippen LogP contribution in [0.4, 0.5) is 11.5 Å². The normalized spacial score (nSPS) is 10.9. The van der Waals surface area contributed by atoms with Crippen LogP contribution in [-0.2, 0) is 4.74 Å². The van der Waals surface area contributed by atoms with Crippen molar-refractivity contribution >= 4 is 17.5 Å². The molecule has 2 aromatic rings. The Kier molecular flexibility index (Phi) is 3.98. The van der Waals surface area contributed by atoms with Crippen LogP contribution in [0.2, 0.25) is 0 Å². The van der Waals surface area contributed by atoms with Crippen molar-refractivity contribution < 1.29 is 9.53 Å². The number of carbonyl (C=O) groups excluding carboxylic acids is 1. The third-order valence-electron chi connectivity index (χ3n) is 2.33. The minimum absolute atomic E-state index is 0.367. The SMILES string of the molecule is CC(C)(C)OC(=O)c1ccnc(Nc2cccnc2)c1. The fraction of sp³-hybridized carbons (Fsp3) is 0.267. The van der Waals surface area contributed by atoms with Crippen LogP contribution in [0.15, 0.2) is 42.9 Å². The number of pyridine rings is 2. The van der Waals surface area contributed by atoms with E-state index in [2.05, 4.69) is 15.3 Å². The van der Waals surface area contributed by atoms with Gasteiger partial charge in [0.2, 0.25) is 0 Å². The van der Waals surface area contributed by atoms with Crippen molar-refractivity contribution in [2.75, 3.05) is 5.32 Å². The van der Waals surface area contributed by atoms with Crippen LogP contribution < -0.4 is 5.32 Å². The fourth-order valence-corrected chi connectivity index (χ4v) is 1.55. The molecule has 20 heavy (non-hydrogen) atoms. The van der Waals surface area contributed by atoms with Crippen molar-refractivity contribution in [3.63, 3.8) is 0 Å². The number of rotatable bonds is 3. The van der Waals surface area contributed by atoms with Gasteiger partial charge in [-0.15, -0.1) is 0 Å². The van der Waals surface area contributed by atoms with E-state index < -0.39 is 5.60 Å². The summed E-state index contributed by atoms with van der Waals surface area (Å²) in [7, 11) is 0. The Morgan fingerprint density at radius 3 is 2.70 bits per heavy atom. The predicted octanol–water partition coefficient (Wildman–Crippen LogP) is 3.18. The maximum absolute atomic E-state index is 12.0. The van der Waals surface area contributed by atoms with Crippen LogP contribution in [0.3, 0.4) is 0 Å². The Hall–Kier alpha value is -2.43. The molecule has 2 heterocycles. The summed E-state index contributed by atoms with van der Waals surface area (Å²) >= 11 is 0. The molecule has 0 aliphatic carbocycles. The molecule has 0 fully saturated rings. The third kappa shape index (κ3) is 4.05. The topological polar surface area (TPSA) is 64.1 Å². The molecular weight excluding hydrogens is 254 g/mol. The predicted molar refractivity (Wildman–Crippen MR) is 76.9 cm³/mol. The van der Waals surface area contributed by atoms with Crippen molar-refractivity contribution in [1.29, 1.82) is 0 Å². The first-order valence-electron chi connectivity index (χ1n) is 6.30. The highest BCUT2D eigenvalue weighted by atomic mass is 16.6. The van der Waals surface area contributed by atoms with E-state index in [1.54, 1.807) is 30.7 Å². The van der Waals surface area contributed by atoms with Gasteiger partial charge >= 0.3 is 5.97 Å². The molecule has 5 nitrogen and oxygen atoms in total. The van der Waals surface area contributed by atoms with Crippen molar-refractivity contribution in [2.45, 2.75) is 26.4 Å². The molecule has 2 aromatic heterocycles. The molecule has 0 spiro atoms. The highest BCUT2D eigenvalue weighted by Crippen LogP contribution is 2.16. The highest BCUT2D eigenvalue weighted by molar-refractivity contribution is 5.90. The van der Waals surface area contributed by atoms with E-state index in [1.165, 1.54) is 0 Å². The van der Waals surface area contributed by atoms with Gasteiger partial charge in [0.25, 0.3) is 0 Å². The Balaban J connectivity index is 2.14. The lowest BCUT2D eigenvalue weighted by Gasteiger charge is -2.19. The van der Waals surface area contributed by atoms with Gasteiger partial charge in [-0.25, -0.2) is 9.78 Å². The minimum Gasteiger partial charge on any atom is -0.456 e. The van der Waals surface area contributed by atoms with E-state index >= 15 is 0 Å². The number of carbonyl (C=O) groups is 1. The zero-order valence-corrected chi connectivity index (χ0v) is 11.8. The van der Waals surface area contributed by atoms with Gasteiger partial charge in [0.05, 0.1) is 17.4 Å². The molecule has 0 radical (unpaired) electrons. The minimum atomic E-state index is -0.517. The number of ether oxygens (including phenoxy) is 1. The zero-order chi connectivity index (χ0) is 14.6. The Morgan fingerprint density at radius 2 is 2.05 bits per heavy atom. The maximum Gasteiger partial charge on any atom is 0.338 e. The van der Waals surface area contributed by atoms with Crippen LogP contribution in [0.25, 0.3) is 0 Å². The molecular formula is C15H17N3O2. The molecule has 0 bridgehead atoms. The molecule has 104 valence electrons. The molecule has 0 saturated heterocycles. The fourth-order valence-electron chi connectivity index (χ4n) is 1.55. The molecule has 5 heteroatoms. The van der Waals surface area contributed by atoms with Gasteiger partial charge in [0.15, 0.2) is 0 Å². The highest BCUT2D eigenvalue weighted by Gasteiger charge is 2.18. The maximum atomic E-state index is 12.0. The summed E-state index contributed by atoms with van der Waals surface area (Å²) in [4.78, 5) is 20.1. The van der Waals surface area contributed by atoms with Gasteiger partial charge in [0, 0.05) is 12.4 Å². The summed E-state index contributed by atoms with van der Waals surface area (Å²) < 4.78 is 5.32. The van der Waals surface area contributed by atoms with E-state index in [0.29, 0.717) is 11.4 Å². The average Bonchev–Trinajstić information content (AvgIpc) is 2.38. The van der Waals surface area contributed by atoms with E-state index in [0.717, 1.165) is 5.69 Å². The first-order valence-corrected chi connectivity index (χ1v) is 6.30. The second kappa shape index (κ2) is 5.69. The Bertz CT molecular complexity index is 592. The summed E-state index contributed by atoms with van der Waals surface area (Å²) in [6, 6.07) is 6.97. The molecule has 0 aliphatic rings. The lowest BCUT2D eigenvalue weighted by molar-refractivity contribution is 0.00695. The van der Waals surface area contributed by atoms with Crippen LogP contribution >= 0.6 is 0 Å². The van der Waals surface area contributed by atoms with Gasteiger partial charge < -0.3 is 10.1 Å². The second-order valence-corrected chi connectivity index (χ2v) is 5.30. The third-order valence-corrected chi connectivity index (χ3v) is 2.33. The van der Waals surface area contributed by atoms with Crippen molar-refractivity contribution in [3.05, 3.63) is 48.4 Å². The standard InChI is InChI=1S/C15H17N3O2/c1-15(2,3)20-14(19)11-6-8-17-13(9-11)18-12-5-4-7-16-10-12/h4-10H,1-3H3,(H,17,18). The van der Waals surface area contributed by atoms with Crippen molar-refractivity contribution in [3.8, 4) is 0 Å². The number of anilines is 2. The number of hydrogen-bond donors (Lipinski definition) is 1. The molecule has 2 rings (SSSR count). The Labute approximate surface area is 118 Å². The smallest absolute Gasteiger partial charge is 0.338 e. The molecule has 0 saturated carbocycles. The second-order valence-electron chi connectivity index (χ2n) is 5.30. The van der Waals surface area contributed by atoms with Crippen LogP contribution in [0.5, 0.6) is 0 Å². The van der Waals surface area contributed by atoms with Gasteiger partial charge in [0.1, 0.15) is 11.4 Å². The lowest BCUT2D eigenvalue weighted by atomic mass is 10.2. The van der Waals surface area contributed by atoms with Crippen LogP contribution in [0.1, 0.15) is 31.1 Å². The van der Waals surface area contributed by atoms with Crippen LogP contribution in [0, 0.1) is 0 Å². The first-order chi connectivity index (χ1) is 9.44. The summed E-state index contributed by atoms with van der Waals surface area (Å²) in [6.07, 6.45) is 4.94. The zero-order valence-electron chi connectivity index (χ0n) is 11.8. The van der Waals surface area contributed by atoms with Gasteiger partial charge in [-0.05, 0) is 45.0 Å². The molecule has 0 amide bonds. The van der Waals surface area contributed by atoms with Gasteiger partial charge in [-0.2, -0.15) is 0 Å². The summed E-state index contributed by atoms with van der Waals surface area (Å²) in [6.45, 7) is 5.50. The molecule has 0 aliphatic heterocycles. The molecule has 0 unspecified atom stereocenters. The van der Waals surface area contributed by atoms with E-state index in [9.17, 15) is 4.79 Å².